The molecule has 4 heterocycles. The molecule has 0 aromatic carbocycles. The number of nitrogens with one attached hydrogen (secondary N) is 1. The van der Waals surface area contributed by atoms with Gasteiger partial charge in [0.15, 0.2) is 5.69 Å². The maximum absolute atomic E-state index is 13.2. The van der Waals surface area contributed by atoms with E-state index in [9.17, 15) is 13.2 Å². The average Bonchev–Trinajstić information content (AvgIpc) is 3.48. The molecule has 1 aliphatic carbocycles. The minimum absolute atomic E-state index is 0.0328. The molecule has 2 unspecified atom stereocenters. The third kappa shape index (κ3) is 4.81. The lowest BCUT2D eigenvalue weighted by Crippen LogP contribution is -2.59. The van der Waals surface area contributed by atoms with Crippen molar-refractivity contribution in [2.24, 2.45) is 0 Å². The maximum Gasteiger partial charge on any atom is 0.273 e. The molecule has 10 heteroatoms. The van der Waals surface area contributed by atoms with E-state index in [-0.39, 0.29) is 29.8 Å². The van der Waals surface area contributed by atoms with Gasteiger partial charge >= 0.3 is 0 Å². The summed E-state index contributed by atoms with van der Waals surface area (Å²) >= 11 is 0. The summed E-state index contributed by atoms with van der Waals surface area (Å²) in [5, 5.41) is 7.02. The van der Waals surface area contributed by atoms with Gasteiger partial charge in [0, 0.05) is 49.7 Å². The second-order valence-corrected chi connectivity index (χ2v) is 11.4. The van der Waals surface area contributed by atoms with Crippen molar-refractivity contribution < 1.29 is 22.5 Å². The van der Waals surface area contributed by atoms with Crippen molar-refractivity contribution in [3.8, 4) is 0 Å². The molecule has 3 saturated heterocycles. The number of amides is 1. The van der Waals surface area contributed by atoms with Crippen molar-refractivity contribution in [3.05, 3.63) is 17.5 Å². The fourth-order valence-electron chi connectivity index (χ4n) is 5.30. The first-order valence-electron chi connectivity index (χ1n) is 11.6. The minimum atomic E-state index is -3.33. The molecule has 3 aliphatic heterocycles. The first kappa shape index (κ1) is 21.4. The van der Waals surface area contributed by atoms with Crippen LogP contribution in [0.1, 0.15) is 67.1 Å². The van der Waals surface area contributed by atoms with E-state index in [2.05, 4.69) is 15.4 Å². The van der Waals surface area contributed by atoms with Crippen LogP contribution in [0.5, 0.6) is 0 Å². The van der Waals surface area contributed by atoms with Crippen LogP contribution in [0.4, 0.5) is 0 Å². The molecular weight excluding hydrogens is 420 g/mol. The van der Waals surface area contributed by atoms with Crippen LogP contribution in [-0.4, -0.2) is 85.4 Å². The van der Waals surface area contributed by atoms with Crippen molar-refractivity contribution in [2.45, 2.75) is 69.0 Å². The maximum atomic E-state index is 13.2. The molecule has 31 heavy (non-hydrogen) atoms. The highest BCUT2D eigenvalue weighted by atomic mass is 32.2. The minimum Gasteiger partial charge on any atom is -0.379 e. The Labute approximate surface area is 183 Å². The zero-order valence-electron chi connectivity index (χ0n) is 17.9. The van der Waals surface area contributed by atoms with E-state index in [0.29, 0.717) is 44.2 Å². The summed E-state index contributed by atoms with van der Waals surface area (Å²) in [6.45, 7) is 3.48. The highest BCUT2D eigenvalue weighted by Gasteiger charge is 2.44. The topological polar surface area (TPSA) is 105 Å². The van der Waals surface area contributed by atoms with Gasteiger partial charge in [-0.15, -0.1) is 0 Å². The van der Waals surface area contributed by atoms with E-state index in [1.807, 2.05) is 0 Å². The molecule has 1 N–H and O–H groups in total. The highest BCUT2D eigenvalue weighted by Crippen LogP contribution is 2.40. The molecular formula is C21H32N4O5S. The van der Waals surface area contributed by atoms with Crippen molar-refractivity contribution in [2.75, 3.05) is 38.6 Å². The Morgan fingerprint density at radius 2 is 1.84 bits per heavy atom. The number of carbonyl (C=O) groups is 1. The predicted molar refractivity (Wildman–Crippen MR) is 113 cm³/mol. The van der Waals surface area contributed by atoms with Gasteiger partial charge in [-0.2, -0.15) is 4.31 Å². The second kappa shape index (κ2) is 8.80. The highest BCUT2D eigenvalue weighted by molar-refractivity contribution is 7.89. The Morgan fingerprint density at radius 1 is 1.13 bits per heavy atom. The van der Waals surface area contributed by atoms with Gasteiger partial charge in [-0.1, -0.05) is 11.6 Å². The van der Waals surface area contributed by atoms with Gasteiger partial charge in [0.25, 0.3) is 5.91 Å². The van der Waals surface area contributed by atoms with Gasteiger partial charge in [0.1, 0.15) is 5.76 Å². The van der Waals surface area contributed by atoms with Gasteiger partial charge in [0.2, 0.25) is 10.0 Å². The van der Waals surface area contributed by atoms with Crippen molar-refractivity contribution >= 4 is 15.9 Å². The second-order valence-electron chi connectivity index (χ2n) is 9.37. The van der Waals surface area contributed by atoms with E-state index in [1.54, 1.807) is 10.4 Å². The number of fused-ring (bicyclic) bond motifs is 2. The summed E-state index contributed by atoms with van der Waals surface area (Å²) in [5.41, 5.74) is 0.327. The first-order valence-corrected chi connectivity index (χ1v) is 13.2. The van der Waals surface area contributed by atoms with Crippen LogP contribution in [0.15, 0.2) is 10.6 Å². The van der Waals surface area contributed by atoms with E-state index in [0.717, 1.165) is 51.0 Å². The first-order chi connectivity index (χ1) is 15.0. The standard InChI is InChI=1S/C21H32N4O5S/c26-21(19-14-20(30-23-19)15-4-5-15)22-16-12-17-2-1-3-18(13-16)25(17)31(27,28)11-8-24-6-9-29-10-7-24/h14-18H,1-13H2,(H,22,26). The number of nitrogens with zero attached hydrogens (tertiary/aromatic N) is 3. The fourth-order valence-corrected chi connectivity index (χ4v) is 7.29. The molecule has 1 saturated carbocycles. The van der Waals surface area contributed by atoms with Crippen molar-refractivity contribution in [3.63, 3.8) is 0 Å². The van der Waals surface area contributed by atoms with Gasteiger partial charge in [-0.3, -0.25) is 9.69 Å². The molecule has 2 atom stereocenters. The number of aromatic nitrogens is 1. The van der Waals surface area contributed by atoms with Crippen molar-refractivity contribution in [1.29, 1.82) is 0 Å². The lowest BCUT2D eigenvalue weighted by molar-refractivity contribution is 0.0402. The Kier molecular flexibility index (Phi) is 6.07. The third-order valence-electron chi connectivity index (χ3n) is 7.07. The summed E-state index contributed by atoms with van der Waals surface area (Å²) in [5.74, 6) is 1.14. The van der Waals surface area contributed by atoms with Crippen LogP contribution in [0, 0.1) is 0 Å². The van der Waals surface area contributed by atoms with Gasteiger partial charge in [0.05, 0.1) is 19.0 Å². The molecule has 172 valence electrons. The zero-order chi connectivity index (χ0) is 21.4. The third-order valence-corrected chi connectivity index (χ3v) is 9.01. The summed E-state index contributed by atoms with van der Waals surface area (Å²) in [6, 6.07) is 1.65. The SMILES string of the molecule is O=C(NC1CC2CCCC(C1)N2S(=O)(=O)CCN1CCOCC1)c1cc(C2CC2)on1. The number of morpholine rings is 1. The molecule has 1 aromatic heterocycles. The molecule has 1 aromatic rings. The monoisotopic (exact) mass is 452 g/mol. The normalized spacial score (nSPS) is 30.3. The number of carbonyl (C=O) groups excluding carboxylic acids is 1. The Balaban J connectivity index is 1.20. The summed E-state index contributed by atoms with van der Waals surface area (Å²) in [4.78, 5) is 14.8. The fraction of sp³-hybridized carbons (Fsp3) is 0.810. The number of rotatable bonds is 7. The molecule has 9 nitrogen and oxygen atoms in total. The Bertz CT molecular complexity index is 879. The molecule has 5 rings (SSSR count). The van der Waals surface area contributed by atoms with Crippen LogP contribution in [-0.2, 0) is 14.8 Å². The van der Waals surface area contributed by atoms with Gasteiger partial charge < -0.3 is 14.6 Å². The number of hydrogen-bond acceptors (Lipinski definition) is 7. The Morgan fingerprint density at radius 3 is 2.52 bits per heavy atom. The average molecular weight is 453 g/mol. The van der Waals surface area contributed by atoms with E-state index in [4.69, 9.17) is 9.26 Å². The summed E-state index contributed by atoms with van der Waals surface area (Å²) < 4.78 is 38.9. The Hall–Kier alpha value is -1.49. The molecule has 1 amide bonds. The number of hydrogen-bond donors (Lipinski definition) is 1. The van der Waals surface area contributed by atoms with Gasteiger partial charge in [-0.05, 0) is 38.5 Å². The summed E-state index contributed by atoms with van der Waals surface area (Å²) in [7, 11) is -3.33. The lowest BCUT2D eigenvalue weighted by Gasteiger charge is -2.48. The van der Waals surface area contributed by atoms with E-state index < -0.39 is 10.0 Å². The predicted octanol–water partition coefficient (Wildman–Crippen LogP) is 1.33. The van der Waals surface area contributed by atoms with Crippen LogP contribution in [0.25, 0.3) is 0 Å². The molecule has 4 fully saturated rings. The number of piperidine rings is 2. The number of sulfonamides is 1. The quantitative estimate of drug-likeness (QED) is 0.665. The van der Waals surface area contributed by atoms with E-state index >= 15 is 0 Å². The van der Waals surface area contributed by atoms with Crippen LogP contribution in [0.3, 0.4) is 0 Å². The zero-order valence-corrected chi connectivity index (χ0v) is 18.7. The molecule has 2 bridgehead atoms. The largest absolute Gasteiger partial charge is 0.379 e. The van der Waals surface area contributed by atoms with Crippen LogP contribution in [0.2, 0.25) is 0 Å². The lowest BCUT2D eigenvalue weighted by atomic mass is 9.84. The van der Waals surface area contributed by atoms with Crippen LogP contribution >= 0.6 is 0 Å². The molecule has 4 aliphatic rings. The van der Waals surface area contributed by atoms with E-state index in [1.165, 1.54) is 0 Å². The smallest absolute Gasteiger partial charge is 0.273 e. The van der Waals surface area contributed by atoms with Crippen LogP contribution < -0.4 is 5.32 Å². The molecule has 0 radical (unpaired) electrons. The van der Waals surface area contributed by atoms with Gasteiger partial charge in [-0.25, -0.2) is 8.42 Å². The van der Waals surface area contributed by atoms with Crippen molar-refractivity contribution in [1.82, 2.24) is 19.7 Å². The summed E-state index contributed by atoms with van der Waals surface area (Å²) in [6.07, 6.45) is 6.26. The number of ether oxygens (including phenoxy) is 1. The molecule has 0 spiro atoms.